The van der Waals surface area contributed by atoms with Crippen LogP contribution in [-0.2, 0) is 34.5 Å². The highest BCUT2D eigenvalue weighted by molar-refractivity contribution is 7.88. The van der Waals surface area contributed by atoms with Crippen LogP contribution < -0.4 is 5.32 Å². The monoisotopic (exact) mass is 355 g/mol. The molecule has 2 aliphatic rings. The number of nitrogens with one attached hydrogen (secondary N) is 1. The minimum Gasteiger partial charge on any atom is -0.341 e. The van der Waals surface area contributed by atoms with Crippen molar-refractivity contribution in [2.45, 2.75) is 32.5 Å². The zero-order chi connectivity index (χ0) is 17.3. The summed E-state index contributed by atoms with van der Waals surface area (Å²) in [5, 5.41) is 7.70. The van der Waals surface area contributed by atoms with Crippen molar-refractivity contribution in [2.75, 3.05) is 32.9 Å². The normalized spacial score (nSPS) is 22.2. The van der Waals surface area contributed by atoms with Crippen LogP contribution in [0.4, 0.5) is 0 Å². The van der Waals surface area contributed by atoms with Crippen LogP contribution in [0.2, 0.25) is 0 Å². The number of amides is 1. The Bertz CT molecular complexity index is 715. The first kappa shape index (κ1) is 17.4. The van der Waals surface area contributed by atoms with Gasteiger partial charge < -0.3 is 10.2 Å². The molecule has 1 N–H and O–H groups in total. The van der Waals surface area contributed by atoms with E-state index in [2.05, 4.69) is 10.4 Å². The quantitative estimate of drug-likeness (QED) is 0.795. The Morgan fingerprint density at radius 1 is 1.46 bits per heavy atom. The van der Waals surface area contributed by atoms with Crippen molar-refractivity contribution in [3.63, 3.8) is 0 Å². The largest absolute Gasteiger partial charge is 0.341 e. The molecule has 1 amide bonds. The number of sulfonamides is 1. The maximum absolute atomic E-state index is 12.7. The summed E-state index contributed by atoms with van der Waals surface area (Å²) >= 11 is 0. The van der Waals surface area contributed by atoms with E-state index in [1.54, 1.807) is 11.9 Å². The molecule has 1 aromatic rings. The van der Waals surface area contributed by atoms with E-state index < -0.39 is 10.0 Å². The average Bonchev–Trinajstić information content (AvgIpc) is 2.96. The van der Waals surface area contributed by atoms with Gasteiger partial charge in [-0.05, 0) is 12.8 Å². The van der Waals surface area contributed by atoms with Gasteiger partial charge in [0.1, 0.15) is 0 Å². The van der Waals surface area contributed by atoms with Crippen molar-refractivity contribution in [3.8, 4) is 0 Å². The lowest BCUT2D eigenvalue weighted by atomic mass is 9.98. The minimum absolute atomic E-state index is 0.00655. The molecule has 0 spiro atoms. The van der Waals surface area contributed by atoms with Gasteiger partial charge >= 0.3 is 0 Å². The molecule has 1 aromatic heterocycles. The van der Waals surface area contributed by atoms with Gasteiger partial charge in [0, 0.05) is 45.3 Å². The topological polar surface area (TPSA) is 87.5 Å². The number of aromatic nitrogens is 2. The summed E-state index contributed by atoms with van der Waals surface area (Å²) in [6, 6.07) is 0. The van der Waals surface area contributed by atoms with E-state index in [-0.39, 0.29) is 18.4 Å². The predicted octanol–water partition coefficient (Wildman–Crippen LogP) is -0.384. The number of nitrogens with zero attached hydrogens (tertiary/aromatic N) is 4. The first-order valence-electron chi connectivity index (χ1n) is 8.30. The highest BCUT2D eigenvalue weighted by atomic mass is 32.2. The van der Waals surface area contributed by atoms with E-state index in [9.17, 15) is 13.2 Å². The Labute approximate surface area is 142 Å². The maximum Gasteiger partial charge on any atom is 0.227 e. The molecule has 0 aliphatic carbocycles. The highest BCUT2D eigenvalue weighted by Crippen LogP contribution is 2.22. The summed E-state index contributed by atoms with van der Waals surface area (Å²) in [6.45, 7) is 3.82. The molecule has 2 aliphatic heterocycles. The molecule has 1 fully saturated rings. The number of carbonyl (C=O) groups excluding carboxylic acids is 1. The van der Waals surface area contributed by atoms with E-state index in [0.29, 0.717) is 13.1 Å². The van der Waals surface area contributed by atoms with Crippen LogP contribution in [0.15, 0.2) is 6.20 Å². The second-order valence-electron chi connectivity index (χ2n) is 6.67. The fourth-order valence-corrected chi connectivity index (χ4v) is 4.37. The molecular formula is C15H25N5O3S. The molecule has 9 heteroatoms. The lowest BCUT2D eigenvalue weighted by Gasteiger charge is -2.32. The van der Waals surface area contributed by atoms with Crippen LogP contribution in [0.25, 0.3) is 0 Å². The van der Waals surface area contributed by atoms with Crippen LogP contribution >= 0.6 is 0 Å². The summed E-state index contributed by atoms with van der Waals surface area (Å²) in [5.41, 5.74) is 2.18. The zero-order valence-electron chi connectivity index (χ0n) is 14.2. The van der Waals surface area contributed by atoms with Gasteiger partial charge in [0.2, 0.25) is 15.9 Å². The molecule has 0 bridgehead atoms. The molecule has 3 rings (SSSR count). The zero-order valence-corrected chi connectivity index (χ0v) is 15.0. The van der Waals surface area contributed by atoms with Crippen molar-refractivity contribution >= 4 is 15.9 Å². The summed E-state index contributed by atoms with van der Waals surface area (Å²) in [5.74, 6) is -0.255. The van der Waals surface area contributed by atoms with Crippen LogP contribution in [0.3, 0.4) is 0 Å². The van der Waals surface area contributed by atoms with E-state index in [1.807, 2.05) is 10.9 Å². The van der Waals surface area contributed by atoms with Gasteiger partial charge in [-0.3, -0.25) is 9.48 Å². The third-order valence-electron chi connectivity index (χ3n) is 4.81. The van der Waals surface area contributed by atoms with Gasteiger partial charge in [-0.15, -0.1) is 0 Å². The number of fused-ring (bicyclic) bond motifs is 1. The van der Waals surface area contributed by atoms with Crippen molar-refractivity contribution < 1.29 is 13.2 Å². The molecule has 3 heterocycles. The van der Waals surface area contributed by atoms with Crippen LogP contribution in [-0.4, -0.2) is 66.2 Å². The van der Waals surface area contributed by atoms with E-state index >= 15 is 0 Å². The first-order chi connectivity index (χ1) is 11.4. The summed E-state index contributed by atoms with van der Waals surface area (Å²) in [7, 11) is -1.46. The summed E-state index contributed by atoms with van der Waals surface area (Å²) < 4.78 is 26.8. The molecule has 0 radical (unpaired) electrons. The molecule has 1 saturated heterocycles. The van der Waals surface area contributed by atoms with E-state index in [0.717, 1.165) is 43.7 Å². The minimum atomic E-state index is -3.24. The predicted molar refractivity (Wildman–Crippen MR) is 89.5 cm³/mol. The Morgan fingerprint density at radius 3 is 3.00 bits per heavy atom. The van der Waals surface area contributed by atoms with Crippen LogP contribution in [0, 0.1) is 5.92 Å². The summed E-state index contributed by atoms with van der Waals surface area (Å²) in [4.78, 5) is 14.4. The number of rotatable bonds is 4. The van der Waals surface area contributed by atoms with E-state index in [1.165, 1.54) is 10.6 Å². The molecule has 0 aromatic carbocycles. The second-order valence-corrected chi connectivity index (χ2v) is 8.65. The molecule has 134 valence electrons. The van der Waals surface area contributed by atoms with E-state index in [4.69, 9.17) is 0 Å². The van der Waals surface area contributed by atoms with Crippen molar-refractivity contribution in [2.24, 2.45) is 5.92 Å². The van der Waals surface area contributed by atoms with Gasteiger partial charge in [0.25, 0.3) is 0 Å². The number of carbonyl (C=O) groups is 1. The first-order valence-corrected chi connectivity index (χ1v) is 10.2. The van der Waals surface area contributed by atoms with Gasteiger partial charge in [-0.1, -0.05) is 0 Å². The lowest BCUT2D eigenvalue weighted by Crippen LogP contribution is -2.45. The molecule has 1 atom stereocenters. The van der Waals surface area contributed by atoms with Gasteiger partial charge in [-0.25, -0.2) is 12.7 Å². The lowest BCUT2D eigenvalue weighted by molar-refractivity contribution is -0.135. The second kappa shape index (κ2) is 6.81. The maximum atomic E-state index is 12.7. The number of hydrogen-bond donors (Lipinski definition) is 1. The molecule has 0 unspecified atom stereocenters. The van der Waals surface area contributed by atoms with Crippen LogP contribution in [0.1, 0.15) is 24.1 Å². The third-order valence-corrected chi connectivity index (χ3v) is 6.08. The Kier molecular flexibility index (Phi) is 4.93. The van der Waals surface area contributed by atoms with Crippen molar-refractivity contribution in [1.82, 2.24) is 24.3 Å². The fourth-order valence-electron chi connectivity index (χ4n) is 3.46. The Balaban J connectivity index is 1.65. The molecule has 8 nitrogen and oxygen atoms in total. The number of hydrogen-bond acceptors (Lipinski definition) is 5. The highest BCUT2D eigenvalue weighted by Gasteiger charge is 2.32. The smallest absolute Gasteiger partial charge is 0.227 e. The van der Waals surface area contributed by atoms with Gasteiger partial charge in [-0.2, -0.15) is 5.10 Å². The standard InChI is InChI=1S/C15H25N5O3S/c1-18(10-13-8-17-20-7-5-16-9-14(13)20)15(21)12-4-3-6-19(11-12)24(2,22)23/h8,12,16H,3-7,9-11H2,1-2H3/t12-/m0/s1. The Morgan fingerprint density at radius 2 is 2.25 bits per heavy atom. The molecule has 24 heavy (non-hydrogen) atoms. The number of piperidine rings is 1. The average molecular weight is 355 g/mol. The third kappa shape index (κ3) is 3.62. The van der Waals surface area contributed by atoms with Gasteiger partial charge in [0.05, 0.1) is 30.6 Å². The molecular weight excluding hydrogens is 330 g/mol. The van der Waals surface area contributed by atoms with Crippen molar-refractivity contribution in [1.29, 1.82) is 0 Å². The summed E-state index contributed by atoms with van der Waals surface area (Å²) in [6.07, 6.45) is 4.50. The molecule has 0 saturated carbocycles. The van der Waals surface area contributed by atoms with Crippen LogP contribution in [0.5, 0.6) is 0 Å². The van der Waals surface area contributed by atoms with Gasteiger partial charge in [0.15, 0.2) is 0 Å². The Hall–Kier alpha value is -1.45. The fraction of sp³-hybridized carbons (Fsp3) is 0.733. The SMILES string of the molecule is CN(Cc1cnn2c1CNCC2)C(=O)[C@H]1CCCN(S(C)(=O)=O)C1. The van der Waals surface area contributed by atoms with Crippen molar-refractivity contribution in [3.05, 3.63) is 17.5 Å².